The zero-order chi connectivity index (χ0) is 17.8. The smallest absolute Gasteiger partial charge is 0.266 e. The summed E-state index contributed by atoms with van der Waals surface area (Å²) in [6, 6.07) is 14.6. The summed E-state index contributed by atoms with van der Waals surface area (Å²) in [6.07, 6.45) is 2.56. The lowest BCUT2D eigenvalue weighted by Crippen LogP contribution is -2.13. The Balaban J connectivity index is 1.79. The Morgan fingerprint density at radius 3 is 2.96 bits per heavy atom. The molecule has 2 aromatic rings. The Morgan fingerprint density at radius 1 is 1.36 bits per heavy atom. The van der Waals surface area contributed by atoms with E-state index in [4.69, 9.17) is 9.47 Å². The molecule has 1 aliphatic heterocycles. The van der Waals surface area contributed by atoms with Gasteiger partial charge >= 0.3 is 0 Å². The van der Waals surface area contributed by atoms with Gasteiger partial charge in [-0.3, -0.25) is 4.79 Å². The summed E-state index contributed by atoms with van der Waals surface area (Å²) >= 11 is 0. The first kappa shape index (κ1) is 16.6. The molecule has 0 saturated heterocycles. The highest BCUT2D eigenvalue weighted by molar-refractivity contribution is 6.09. The molecular weight excluding hydrogens is 316 g/mol. The zero-order valence-electron chi connectivity index (χ0n) is 14.1. The van der Waals surface area contributed by atoms with Gasteiger partial charge in [-0.1, -0.05) is 12.1 Å². The van der Waals surface area contributed by atoms with Crippen LogP contribution in [-0.2, 0) is 11.2 Å². The molecule has 0 bridgehead atoms. The summed E-state index contributed by atoms with van der Waals surface area (Å²) in [5, 5.41) is 12.1. The number of ether oxygens (including phenoxy) is 2. The zero-order valence-corrected chi connectivity index (χ0v) is 14.1. The minimum absolute atomic E-state index is 0.0368. The number of fused-ring (bicyclic) bond motifs is 1. The van der Waals surface area contributed by atoms with E-state index >= 15 is 0 Å². The maximum Gasteiger partial charge on any atom is 0.266 e. The molecule has 0 fully saturated rings. The molecule has 0 aliphatic carbocycles. The fourth-order valence-corrected chi connectivity index (χ4v) is 2.75. The topological polar surface area (TPSA) is 71.3 Å². The predicted octanol–water partition coefficient (Wildman–Crippen LogP) is 3.56. The van der Waals surface area contributed by atoms with Crippen LogP contribution in [0.2, 0.25) is 0 Å². The molecule has 126 valence electrons. The van der Waals surface area contributed by atoms with Crippen LogP contribution in [0.3, 0.4) is 0 Å². The molecule has 1 aliphatic rings. The second-order valence-corrected chi connectivity index (χ2v) is 5.86. The number of hydrogen-bond donors (Lipinski definition) is 1. The van der Waals surface area contributed by atoms with Crippen molar-refractivity contribution in [2.45, 2.75) is 19.4 Å². The molecule has 5 heteroatoms. The van der Waals surface area contributed by atoms with E-state index in [0.29, 0.717) is 11.4 Å². The Kier molecular flexibility index (Phi) is 4.71. The van der Waals surface area contributed by atoms with E-state index in [1.165, 1.54) is 0 Å². The van der Waals surface area contributed by atoms with Crippen LogP contribution in [-0.4, -0.2) is 19.1 Å². The molecule has 0 radical (unpaired) electrons. The molecule has 1 N–H and O–H groups in total. The molecule has 1 amide bonds. The third-order valence-electron chi connectivity index (χ3n) is 3.92. The molecule has 2 aromatic carbocycles. The first-order valence-electron chi connectivity index (χ1n) is 7.96. The summed E-state index contributed by atoms with van der Waals surface area (Å²) in [5.74, 6) is 1.04. The Labute approximate surface area is 146 Å². The highest BCUT2D eigenvalue weighted by atomic mass is 16.5. The third-order valence-corrected chi connectivity index (χ3v) is 3.92. The van der Waals surface area contributed by atoms with E-state index < -0.39 is 5.91 Å². The van der Waals surface area contributed by atoms with Gasteiger partial charge in [-0.2, -0.15) is 5.26 Å². The molecule has 3 rings (SSSR count). The fourth-order valence-electron chi connectivity index (χ4n) is 2.75. The molecule has 25 heavy (non-hydrogen) atoms. The maximum absolute atomic E-state index is 12.4. The first-order valence-corrected chi connectivity index (χ1v) is 7.96. The molecule has 0 spiro atoms. The average Bonchev–Trinajstić information content (AvgIpc) is 2.98. The molecule has 0 saturated carbocycles. The van der Waals surface area contributed by atoms with Gasteiger partial charge in [0, 0.05) is 18.2 Å². The van der Waals surface area contributed by atoms with Crippen LogP contribution in [0.15, 0.2) is 48.0 Å². The van der Waals surface area contributed by atoms with Crippen molar-refractivity contribution in [3.63, 3.8) is 0 Å². The lowest BCUT2D eigenvalue weighted by molar-refractivity contribution is -0.112. The minimum Gasteiger partial charge on any atom is -0.497 e. The monoisotopic (exact) mass is 334 g/mol. The van der Waals surface area contributed by atoms with Crippen LogP contribution >= 0.6 is 0 Å². The summed E-state index contributed by atoms with van der Waals surface area (Å²) in [5.41, 5.74) is 2.50. The minimum atomic E-state index is -0.458. The highest BCUT2D eigenvalue weighted by Gasteiger charge is 2.19. The van der Waals surface area contributed by atoms with Gasteiger partial charge in [0.1, 0.15) is 29.2 Å². The van der Waals surface area contributed by atoms with Crippen LogP contribution in [0.4, 0.5) is 5.69 Å². The summed E-state index contributed by atoms with van der Waals surface area (Å²) in [6.45, 7) is 2.01. The Bertz CT molecular complexity index is 881. The van der Waals surface area contributed by atoms with Crippen LogP contribution in [0.1, 0.15) is 18.1 Å². The average molecular weight is 334 g/mol. The summed E-state index contributed by atoms with van der Waals surface area (Å²) in [4.78, 5) is 12.4. The van der Waals surface area contributed by atoms with Crippen LogP contribution in [0, 0.1) is 11.3 Å². The molecule has 1 heterocycles. The number of amides is 1. The van der Waals surface area contributed by atoms with Crippen molar-refractivity contribution in [3.8, 4) is 17.6 Å². The summed E-state index contributed by atoms with van der Waals surface area (Å²) < 4.78 is 10.8. The fraction of sp³-hybridized carbons (Fsp3) is 0.200. The normalized spacial score (nSPS) is 15.7. The van der Waals surface area contributed by atoms with E-state index in [2.05, 4.69) is 5.32 Å². The van der Waals surface area contributed by atoms with Gasteiger partial charge in [-0.15, -0.1) is 0 Å². The van der Waals surface area contributed by atoms with Gasteiger partial charge < -0.3 is 14.8 Å². The number of anilines is 1. The van der Waals surface area contributed by atoms with E-state index in [1.807, 2.05) is 31.2 Å². The number of nitrogens with zero attached hydrogens (tertiary/aromatic N) is 1. The number of rotatable bonds is 4. The third kappa shape index (κ3) is 3.81. The van der Waals surface area contributed by atoms with Gasteiger partial charge in [0.2, 0.25) is 0 Å². The van der Waals surface area contributed by atoms with Crippen molar-refractivity contribution < 1.29 is 14.3 Å². The standard InChI is InChI=1S/C20H18N2O3/c1-13-8-15-9-14(6-7-19(15)25-13)10-16(12-21)20(23)22-17-4-3-5-18(11-17)24-2/h3-7,9-11,13H,8H2,1-2H3,(H,22,23)/b16-10-/t13-/m1/s1. The van der Waals surface area contributed by atoms with Crippen molar-refractivity contribution in [2.24, 2.45) is 0 Å². The van der Waals surface area contributed by atoms with Crippen molar-refractivity contribution in [3.05, 3.63) is 59.2 Å². The maximum atomic E-state index is 12.4. The molecule has 0 aromatic heterocycles. The number of nitrogens with one attached hydrogen (secondary N) is 1. The highest BCUT2D eigenvalue weighted by Crippen LogP contribution is 2.30. The van der Waals surface area contributed by atoms with Crippen molar-refractivity contribution in [1.29, 1.82) is 5.26 Å². The van der Waals surface area contributed by atoms with E-state index in [1.54, 1.807) is 37.5 Å². The molecule has 5 nitrogen and oxygen atoms in total. The van der Waals surface area contributed by atoms with Crippen LogP contribution in [0.5, 0.6) is 11.5 Å². The number of hydrogen-bond acceptors (Lipinski definition) is 4. The number of methoxy groups -OCH3 is 1. The van der Waals surface area contributed by atoms with E-state index in [0.717, 1.165) is 23.3 Å². The van der Waals surface area contributed by atoms with Crippen molar-refractivity contribution in [2.75, 3.05) is 12.4 Å². The predicted molar refractivity (Wildman–Crippen MR) is 95.4 cm³/mol. The molecule has 1 atom stereocenters. The van der Waals surface area contributed by atoms with Gasteiger partial charge in [-0.25, -0.2) is 0 Å². The van der Waals surface area contributed by atoms with E-state index in [-0.39, 0.29) is 11.7 Å². The second-order valence-electron chi connectivity index (χ2n) is 5.86. The largest absolute Gasteiger partial charge is 0.497 e. The van der Waals surface area contributed by atoms with Crippen LogP contribution in [0.25, 0.3) is 6.08 Å². The lowest BCUT2D eigenvalue weighted by Gasteiger charge is -2.06. The van der Waals surface area contributed by atoms with E-state index in [9.17, 15) is 10.1 Å². The SMILES string of the molecule is COc1cccc(NC(=O)/C(C#N)=C\c2ccc3c(c2)C[C@@H](C)O3)c1. The number of nitriles is 1. The van der Waals surface area contributed by atoms with Crippen LogP contribution < -0.4 is 14.8 Å². The summed E-state index contributed by atoms with van der Waals surface area (Å²) in [7, 11) is 1.56. The number of carbonyl (C=O) groups excluding carboxylic acids is 1. The van der Waals surface area contributed by atoms with Gasteiger partial charge in [0.15, 0.2) is 0 Å². The number of benzene rings is 2. The van der Waals surface area contributed by atoms with Gasteiger partial charge in [0.25, 0.3) is 5.91 Å². The molecule has 0 unspecified atom stereocenters. The second kappa shape index (κ2) is 7.10. The number of carbonyl (C=O) groups is 1. The molecular formula is C20H18N2O3. The first-order chi connectivity index (χ1) is 12.1. The van der Waals surface area contributed by atoms with Crippen molar-refractivity contribution >= 4 is 17.7 Å². The van der Waals surface area contributed by atoms with Gasteiger partial charge in [0.05, 0.1) is 7.11 Å². The quantitative estimate of drug-likeness (QED) is 0.685. The van der Waals surface area contributed by atoms with Crippen molar-refractivity contribution in [1.82, 2.24) is 0 Å². The Morgan fingerprint density at radius 2 is 2.20 bits per heavy atom. The Hall–Kier alpha value is -3.26. The lowest BCUT2D eigenvalue weighted by atomic mass is 10.0. The van der Waals surface area contributed by atoms with Gasteiger partial charge in [-0.05, 0) is 48.4 Å².